The number of amides is 2. The van der Waals surface area contributed by atoms with E-state index < -0.39 is 5.91 Å². The standard InChI is InChI=1S/C17H18ClN3O3S/c18-10-1-2-12(14(22)9-10)15(23)21-17-13(5-8-25-17)16(24)20-11-3-6-19-7-4-11/h1-2,5,8-9,11,19,22H,3-4,6-7H2,(H,20,24)(H,21,23). The number of nitrogens with one attached hydrogen (secondary N) is 3. The number of carbonyl (C=O) groups excluding carboxylic acids is 2. The van der Waals surface area contributed by atoms with E-state index >= 15 is 0 Å². The first kappa shape index (κ1) is 17.7. The monoisotopic (exact) mass is 379 g/mol. The van der Waals surface area contributed by atoms with Gasteiger partial charge in [-0.2, -0.15) is 0 Å². The molecule has 1 aromatic heterocycles. The highest BCUT2D eigenvalue weighted by atomic mass is 35.5. The van der Waals surface area contributed by atoms with Crippen LogP contribution in [0, 0.1) is 0 Å². The van der Waals surface area contributed by atoms with Crippen LogP contribution < -0.4 is 16.0 Å². The Morgan fingerprint density at radius 2 is 1.92 bits per heavy atom. The largest absolute Gasteiger partial charge is 0.507 e. The van der Waals surface area contributed by atoms with Crippen LogP contribution in [0.3, 0.4) is 0 Å². The van der Waals surface area contributed by atoms with Crippen LogP contribution in [0.4, 0.5) is 5.00 Å². The van der Waals surface area contributed by atoms with E-state index in [-0.39, 0.29) is 23.3 Å². The lowest BCUT2D eigenvalue weighted by atomic mass is 10.1. The molecule has 0 aliphatic carbocycles. The maximum Gasteiger partial charge on any atom is 0.260 e. The van der Waals surface area contributed by atoms with Crippen LogP contribution in [0.15, 0.2) is 29.6 Å². The molecule has 2 heterocycles. The minimum Gasteiger partial charge on any atom is -0.507 e. The Morgan fingerprint density at radius 3 is 2.64 bits per heavy atom. The smallest absolute Gasteiger partial charge is 0.260 e. The van der Waals surface area contributed by atoms with Gasteiger partial charge in [-0.1, -0.05) is 11.6 Å². The lowest BCUT2D eigenvalue weighted by Gasteiger charge is -2.23. The summed E-state index contributed by atoms with van der Waals surface area (Å²) in [6.45, 7) is 1.77. The highest BCUT2D eigenvalue weighted by molar-refractivity contribution is 7.14. The fraction of sp³-hybridized carbons (Fsp3) is 0.294. The Labute approximate surface area is 154 Å². The number of benzene rings is 1. The molecule has 2 amide bonds. The highest BCUT2D eigenvalue weighted by Gasteiger charge is 2.21. The average molecular weight is 380 g/mol. The van der Waals surface area contributed by atoms with Crippen LogP contribution in [-0.4, -0.2) is 36.1 Å². The summed E-state index contributed by atoms with van der Waals surface area (Å²) < 4.78 is 0. The normalized spacial score (nSPS) is 14.9. The molecule has 0 radical (unpaired) electrons. The third-order valence-corrected chi connectivity index (χ3v) is 5.08. The second kappa shape index (κ2) is 7.86. The van der Waals surface area contributed by atoms with Gasteiger partial charge in [-0.3, -0.25) is 9.59 Å². The molecule has 132 valence electrons. The molecular formula is C17H18ClN3O3S. The molecule has 1 fully saturated rings. The summed E-state index contributed by atoms with van der Waals surface area (Å²) in [5, 5.41) is 21.3. The van der Waals surface area contributed by atoms with Crippen molar-refractivity contribution in [3.8, 4) is 5.75 Å². The van der Waals surface area contributed by atoms with Gasteiger partial charge in [0, 0.05) is 11.1 Å². The SMILES string of the molecule is O=C(Nc1sccc1C(=O)NC1CCNCC1)c1ccc(Cl)cc1O. The second-order valence-corrected chi connectivity index (χ2v) is 7.13. The van der Waals surface area contributed by atoms with Crippen molar-refractivity contribution in [1.82, 2.24) is 10.6 Å². The maximum absolute atomic E-state index is 12.5. The number of carbonyl (C=O) groups is 2. The van der Waals surface area contributed by atoms with Gasteiger partial charge in [0.15, 0.2) is 0 Å². The highest BCUT2D eigenvalue weighted by Crippen LogP contribution is 2.27. The van der Waals surface area contributed by atoms with Gasteiger partial charge in [0.2, 0.25) is 0 Å². The van der Waals surface area contributed by atoms with E-state index in [4.69, 9.17) is 11.6 Å². The van der Waals surface area contributed by atoms with Crippen molar-refractivity contribution in [3.05, 3.63) is 45.8 Å². The van der Waals surface area contributed by atoms with Gasteiger partial charge in [0.25, 0.3) is 11.8 Å². The Hall–Kier alpha value is -2.09. The molecule has 25 heavy (non-hydrogen) atoms. The molecule has 0 saturated carbocycles. The summed E-state index contributed by atoms with van der Waals surface area (Å²) in [6, 6.07) is 6.08. The van der Waals surface area contributed by atoms with E-state index in [0.717, 1.165) is 25.9 Å². The predicted octanol–water partition coefficient (Wildman–Crippen LogP) is 2.84. The molecule has 0 unspecified atom stereocenters. The van der Waals surface area contributed by atoms with E-state index in [1.54, 1.807) is 11.4 Å². The Morgan fingerprint density at radius 1 is 1.16 bits per heavy atom. The van der Waals surface area contributed by atoms with Gasteiger partial charge in [-0.15, -0.1) is 11.3 Å². The lowest BCUT2D eigenvalue weighted by Crippen LogP contribution is -2.42. The number of hydrogen-bond donors (Lipinski definition) is 4. The fourth-order valence-electron chi connectivity index (χ4n) is 2.68. The molecule has 0 bridgehead atoms. The minimum absolute atomic E-state index is 0.0995. The molecule has 0 atom stereocenters. The number of thiophene rings is 1. The topological polar surface area (TPSA) is 90.5 Å². The number of halogens is 1. The van der Waals surface area contributed by atoms with E-state index in [9.17, 15) is 14.7 Å². The molecule has 6 nitrogen and oxygen atoms in total. The number of anilines is 1. The van der Waals surface area contributed by atoms with Crippen molar-refractivity contribution in [2.45, 2.75) is 18.9 Å². The molecule has 0 spiro atoms. The summed E-state index contributed by atoms with van der Waals surface area (Å²) >= 11 is 7.04. The third kappa shape index (κ3) is 4.31. The first-order chi connectivity index (χ1) is 12.0. The molecule has 2 aromatic rings. The van der Waals surface area contributed by atoms with Crippen molar-refractivity contribution < 1.29 is 14.7 Å². The van der Waals surface area contributed by atoms with Crippen LogP contribution >= 0.6 is 22.9 Å². The van der Waals surface area contributed by atoms with Crippen LogP contribution in [0.5, 0.6) is 5.75 Å². The molecule has 1 aromatic carbocycles. The predicted molar refractivity (Wildman–Crippen MR) is 98.7 cm³/mol. The number of phenolic OH excluding ortho intramolecular Hbond substituents is 1. The van der Waals surface area contributed by atoms with E-state index in [0.29, 0.717) is 15.6 Å². The van der Waals surface area contributed by atoms with E-state index in [1.165, 1.54) is 29.5 Å². The average Bonchev–Trinajstić information content (AvgIpc) is 3.03. The molecule has 8 heteroatoms. The molecule has 1 aliphatic heterocycles. The van der Waals surface area contributed by atoms with Crippen molar-refractivity contribution in [1.29, 1.82) is 0 Å². The first-order valence-electron chi connectivity index (χ1n) is 7.93. The zero-order valence-electron chi connectivity index (χ0n) is 13.3. The number of aromatic hydroxyl groups is 1. The fourth-order valence-corrected chi connectivity index (χ4v) is 3.63. The molecular weight excluding hydrogens is 362 g/mol. The summed E-state index contributed by atoms with van der Waals surface area (Å²) in [5.41, 5.74) is 0.521. The summed E-state index contributed by atoms with van der Waals surface area (Å²) in [5.74, 6) is -0.904. The van der Waals surface area contributed by atoms with Crippen molar-refractivity contribution in [2.24, 2.45) is 0 Å². The zero-order chi connectivity index (χ0) is 17.8. The second-order valence-electron chi connectivity index (χ2n) is 5.78. The van der Waals surface area contributed by atoms with Crippen molar-refractivity contribution in [3.63, 3.8) is 0 Å². The van der Waals surface area contributed by atoms with Gasteiger partial charge in [0.05, 0.1) is 11.1 Å². The number of piperidine rings is 1. The van der Waals surface area contributed by atoms with Crippen LogP contribution in [0.25, 0.3) is 0 Å². The summed E-state index contributed by atoms with van der Waals surface area (Å²) in [4.78, 5) is 24.8. The third-order valence-electron chi connectivity index (χ3n) is 4.02. The quantitative estimate of drug-likeness (QED) is 0.657. The molecule has 4 N–H and O–H groups in total. The van der Waals surface area contributed by atoms with Gasteiger partial charge >= 0.3 is 0 Å². The Kier molecular flexibility index (Phi) is 5.57. The number of hydrogen-bond acceptors (Lipinski definition) is 5. The summed E-state index contributed by atoms with van der Waals surface area (Å²) in [7, 11) is 0. The molecule has 3 rings (SSSR count). The number of phenols is 1. The van der Waals surface area contributed by atoms with Gasteiger partial charge in [-0.25, -0.2) is 0 Å². The van der Waals surface area contributed by atoms with Gasteiger partial charge in [0.1, 0.15) is 10.8 Å². The van der Waals surface area contributed by atoms with Gasteiger partial charge < -0.3 is 21.1 Å². The Bertz CT molecular complexity index is 787. The Balaban J connectivity index is 1.70. The van der Waals surface area contributed by atoms with Crippen molar-refractivity contribution >= 4 is 39.8 Å². The maximum atomic E-state index is 12.5. The van der Waals surface area contributed by atoms with Crippen LogP contribution in [0.1, 0.15) is 33.6 Å². The van der Waals surface area contributed by atoms with E-state index in [2.05, 4.69) is 16.0 Å². The lowest BCUT2D eigenvalue weighted by molar-refractivity contribution is 0.0931. The number of rotatable bonds is 4. The molecule has 1 aliphatic rings. The van der Waals surface area contributed by atoms with Crippen LogP contribution in [0.2, 0.25) is 5.02 Å². The van der Waals surface area contributed by atoms with Crippen LogP contribution in [-0.2, 0) is 0 Å². The minimum atomic E-state index is -0.493. The zero-order valence-corrected chi connectivity index (χ0v) is 14.9. The van der Waals surface area contributed by atoms with E-state index in [1.807, 2.05) is 0 Å². The molecule has 1 saturated heterocycles. The van der Waals surface area contributed by atoms with Crippen molar-refractivity contribution in [2.75, 3.05) is 18.4 Å². The summed E-state index contributed by atoms with van der Waals surface area (Å²) in [6.07, 6.45) is 1.77. The van der Waals surface area contributed by atoms with Gasteiger partial charge in [-0.05, 0) is 55.6 Å². The first-order valence-corrected chi connectivity index (χ1v) is 9.19.